The van der Waals surface area contributed by atoms with Crippen LogP contribution in [-0.4, -0.2) is 41.8 Å². The molecule has 1 heterocycles. The third-order valence-electron chi connectivity index (χ3n) is 3.99. The Labute approximate surface area is 128 Å². The number of rotatable bonds is 4. The molecule has 1 aliphatic rings. The molecule has 0 bridgehead atoms. The molecule has 1 aliphatic heterocycles. The van der Waals surface area contributed by atoms with Gasteiger partial charge in [-0.15, -0.1) is 0 Å². The van der Waals surface area contributed by atoms with E-state index in [1.165, 1.54) is 5.56 Å². The smallest absolute Gasteiger partial charge is 0.305 e. The zero-order valence-corrected chi connectivity index (χ0v) is 13.1. The molecule has 1 N–H and O–H groups in total. The van der Waals surface area contributed by atoms with E-state index in [9.17, 15) is 13.2 Å². The van der Waals surface area contributed by atoms with Gasteiger partial charge < -0.3 is 5.32 Å². The van der Waals surface area contributed by atoms with Gasteiger partial charge in [0.05, 0.1) is 5.54 Å². The standard InChI is InChI=1S/C15H21F3N2S/c1-12-10-19-14(2,13-6-4-3-5-7-13)11-20(12)8-9-21-15(16,17)18/h3-7,12,19H,8-11H2,1-2H3. The van der Waals surface area contributed by atoms with Crippen molar-refractivity contribution in [2.45, 2.75) is 30.9 Å². The van der Waals surface area contributed by atoms with Crippen LogP contribution in [0.15, 0.2) is 30.3 Å². The van der Waals surface area contributed by atoms with Crippen LogP contribution in [-0.2, 0) is 5.54 Å². The maximum atomic E-state index is 12.3. The van der Waals surface area contributed by atoms with E-state index in [0.717, 1.165) is 13.1 Å². The van der Waals surface area contributed by atoms with Crippen LogP contribution in [0.2, 0.25) is 0 Å². The summed E-state index contributed by atoms with van der Waals surface area (Å²) in [5.41, 5.74) is -3.18. The number of thioether (sulfide) groups is 1. The van der Waals surface area contributed by atoms with Crippen molar-refractivity contribution < 1.29 is 13.2 Å². The molecular formula is C15H21F3N2S. The molecule has 1 aromatic carbocycles. The number of halogens is 3. The molecule has 0 saturated carbocycles. The number of hydrogen-bond donors (Lipinski definition) is 1. The Morgan fingerprint density at radius 1 is 1.33 bits per heavy atom. The number of piperazine rings is 1. The normalized spacial score (nSPS) is 27.8. The van der Waals surface area contributed by atoms with E-state index in [2.05, 4.69) is 36.2 Å². The minimum Gasteiger partial charge on any atom is -0.305 e. The summed E-state index contributed by atoms with van der Waals surface area (Å²) in [4.78, 5) is 2.14. The van der Waals surface area contributed by atoms with Gasteiger partial charge in [-0.3, -0.25) is 4.90 Å². The van der Waals surface area contributed by atoms with Gasteiger partial charge in [0, 0.05) is 31.4 Å². The van der Waals surface area contributed by atoms with Gasteiger partial charge >= 0.3 is 5.51 Å². The molecule has 0 aromatic heterocycles. The Morgan fingerprint density at radius 2 is 2.00 bits per heavy atom. The predicted molar refractivity (Wildman–Crippen MR) is 81.3 cm³/mol. The second kappa shape index (κ2) is 6.58. The first-order valence-corrected chi connectivity index (χ1v) is 8.04. The zero-order chi connectivity index (χ0) is 15.5. The summed E-state index contributed by atoms with van der Waals surface area (Å²) < 4.78 is 36.8. The number of benzene rings is 1. The topological polar surface area (TPSA) is 15.3 Å². The van der Waals surface area contributed by atoms with Crippen LogP contribution in [0, 0.1) is 0 Å². The predicted octanol–water partition coefficient (Wildman–Crippen LogP) is 3.45. The summed E-state index contributed by atoms with van der Waals surface area (Å²) >= 11 is 0.0631. The molecule has 2 unspecified atom stereocenters. The molecule has 2 rings (SSSR count). The lowest BCUT2D eigenvalue weighted by Gasteiger charge is -2.45. The summed E-state index contributed by atoms with van der Waals surface area (Å²) in [6, 6.07) is 10.3. The number of nitrogens with one attached hydrogen (secondary N) is 1. The van der Waals surface area contributed by atoms with Crippen LogP contribution >= 0.6 is 11.8 Å². The lowest BCUT2D eigenvalue weighted by atomic mass is 9.88. The van der Waals surface area contributed by atoms with Gasteiger partial charge in [-0.1, -0.05) is 30.3 Å². The molecule has 0 radical (unpaired) electrons. The summed E-state index contributed by atoms with van der Waals surface area (Å²) in [7, 11) is 0. The lowest BCUT2D eigenvalue weighted by Crippen LogP contribution is -2.60. The number of hydrogen-bond acceptors (Lipinski definition) is 3. The van der Waals surface area contributed by atoms with Crippen LogP contribution in [0.3, 0.4) is 0 Å². The first-order chi connectivity index (χ1) is 9.80. The third-order valence-corrected chi connectivity index (χ3v) is 4.70. The van der Waals surface area contributed by atoms with Crippen molar-refractivity contribution >= 4 is 11.8 Å². The second-order valence-corrected chi connectivity index (χ2v) is 6.85. The van der Waals surface area contributed by atoms with Crippen LogP contribution in [0.25, 0.3) is 0 Å². The molecule has 0 spiro atoms. The van der Waals surface area contributed by atoms with Crippen molar-refractivity contribution in [2.75, 3.05) is 25.4 Å². The molecule has 6 heteroatoms. The molecule has 1 saturated heterocycles. The molecule has 2 nitrogen and oxygen atoms in total. The summed E-state index contributed by atoms with van der Waals surface area (Å²) in [5, 5.41) is 3.53. The van der Waals surface area contributed by atoms with E-state index in [0.29, 0.717) is 6.54 Å². The van der Waals surface area contributed by atoms with Crippen molar-refractivity contribution in [2.24, 2.45) is 0 Å². The molecule has 2 atom stereocenters. The quantitative estimate of drug-likeness (QED) is 0.915. The van der Waals surface area contributed by atoms with Gasteiger partial charge in [0.15, 0.2) is 0 Å². The highest BCUT2D eigenvalue weighted by Gasteiger charge is 2.36. The molecule has 0 amide bonds. The van der Waals surface area contributed by atoms with E-state index < -0.39 is 5.51 Å². The van der Waals surface area contributed by atoms with Crippen LogP contribution < -0.4 is 5.32 Å². The van der Waals surface area contributed by atoms with Crippen LogP contribution in [0.4, 0.5) is 13.2 Å². The fourth-order valence-corrected chi connectivity index (χ4v) is 3.25. The molecule has 0 aliphatic carbocycles. The van der Waals surface area contributed by atoms with E-state index in [4.69, 9.17) is 0 Å². The average molecular weight is 318 g/mol. The van der Waals surface area contributed by atoms with Crippen molar-refractivity contribution in [1.29, 1.82) is 0 Å². The molecular weight excluding hydrogens is 297 g/mol. The number of alkyl halides is 3. The summed E-state index contributed by atoms with van der Waals surface area (Å²) in [6.45, 7) is 6.11. The largest absolute Gasteiger partial charge is 0.441 e. The highest BCUT2D eigenvalue weighted by molar-refractivity contribution is 8.00. The van der Waals surface area contributed by atoms with Gasteiger partial charge in [0.2, 0.25) is 0 Å². The van der Waals surface area contributed by atoms with Gasteiger partial charge in [-0.05, 0) is 31.2 Å². The maximum Gasteiger partial charge on any atom is 0.441 e. The second-order valence-electron chi connectivity index (χ2n) is 5.69. The highest BCUT2D eigenvalue weighted by atomic mass is 32.2. The lowest BCUT2D eigenvalue weighted by molar-refractivity contribution is -0.0330. The SMILES string of the molecule is CC1CNC(C)(c2ccccc2)CN1CCSC(F)(F)F. The van der Waals surface area contributed by atoms with Crippen molar-refractivity contribution in [1.82, 2.24) is 10.2 Å². The Hall–Kier alpha value is -0.720. The fraction of sp³-hybridized carbons (Fsp3) is 0.600. The highest BCUT2D eigenvalue weighted by Crippen LogP contribution is 2.31. The zero-order valence-electron chi connectivity index (χ0n) is 12.3. The van der Waals surface area contributed by atoms with Crippen LogP contribution in [0.5, 0.6) is 0 Å². The maximum absolute atomic E-state index is 12.3. The molecule has 21 heavy (non-hydrogen) atoms. The van der Waals surface area contributed by atoms with E-state index in [1.807, 2.05) is 18.2 Å². The monoisotopic (exact) mass is 318 g/mol. The van der Waals surface area contributed by atoms with E-state index >= 15 is 0 Å². The Bertz CT molecular complexity index is 452. The minimum atomic E-state index is -4.14. The Morgan fingerprint density at radius 3 is 2.62 bits per heavy atom. The van der Waals surface area contributed by atoms with Gasteiger partial charge in [0.1, 0.15) is 0 Å². The molecule has 118 valence electrons. The Balaban J connectivity index is 1.99. The van der Waals surface area contributed by atoms with E-state index in [-0.39, 0.29) is 29.1 Å². The number of nitrogens with zero attached hydrogens (tertiary/aromatic N) is 1. The third kappa shape index (κ3) is 4.63. The van der Waals surface area contributed by atoms with Gasteiger partial charge in [-0.25, -0.2) is 0 Å². The summed E-state index contributed by atoms with van der Waals surface area (Å²) in [5.74, 6) is 0.0821. The van der Waals surface area contributed by atoms with Crippen LogP contribution in [0.1, 0.15) is 19.4 Å². The van der Waals surface area contributed by atoms with Crippen molar-refractivity contribution in [3.05, 3.63) is 35.9 Å². The van der Waals surface area contributed by atoms with Gasteiger partial charge in [-0.2, -0.15) is 13.2 Å². The van der Waals surface area contributed by atoms with Crippen molar-refractivity contribution in [3.63, 3.8) is 0 Å². The van der Waals surface area contributed by atoms with E-state index in [1.54, 1.807) is 0 Å². The Kier molecular flexibility index (Phi) is 5.22. The van der Waals surface area contributed by atoms with Gasteiger partial charge in [0.25, 0.3) is 0 Å². The first-order valence-electron chi connectivity index (χ1n) is 7.05. The molecule has 1 fully saturated rings. The minimum absolute atomic E-state index is 0.0631. The summed E-state index contributed by atoms with van der Waals surface area (Å²) in [6.07, 6.45) is 0. The average Bonchev–Trinajstić information content (AvgIpc) is 2.43. The first kappa shape index (κ1) is 16.6. The molecule has 1 aromatic rings. The fourth-order valence-electron chi connectivity index (χ4n) is 2.70. The van der Waals surface area contributed by atoms with Crippen molar-refractivity contribution in [3.8, 4) is 0 Å².